The van der Waals surface area contributed by atoms with Crippen LogP contribution in [0.25, 0.3) is 23.1 Å². The molecule has 0 saturated carbocycles. The molecule has 7 rings (SSSR count). The maximum atomic E-state index is 14.1. The molecule has 0 spiro atoms. The van der Waals surface area contributed by atoms with Crippen LogP contribution in [-0.2, 0) is 6.42 Å². The first-order valence-electron chi connectivity index (χ1n) is 13.3. The lowest BCUT2D eigenvalue weighted by Gasteiger charge is -2.31. The van der Waals surface area contributed by atoms with Crippen LogP contribution >= 0.6 is 22.9 Å². The standard InChI is InChI=1S/C33H23ClN2O5S/c1-40-27-9-5-4-8-22(27)30-23-13-10-18-6-2-3-7-21(18)29(23)35-33-36(30)31(37)28(42-33)17-20-12-15-26(41-20)19-11-14-25(34)24(16-19)32(38)39/h2-9,11-12,14-17,30H,10,13H2,1H3,(H,38,39)/b28-17-/t30-/m1/s1. The number of benzene rings is 3. The number of methoxy groups -OCH3 is 1. The first kappa shape index (κ1) is 26.3. The zero-order valence-corrected chi connectivity index (χ0v) is 23.9. The zero-order chi connectivity index (χ0) is 29.0. The highest BCUT2D eigenvalue weighted by molar-refractivity contribution is 7.07. The molecule has 0 fully saturated rings. The second kappa shape index (κ2) is 10.3. The third-order valence-electron chi connectivity index (χ3n) is 7.69. The monoisotopic (exact) mass is 594 g/mol. The van der Waals surface area contributed by atoms with Gasteiger partial charge < -0.3 is 14.3 Å². The van der Waals surface area contributed by atoms with E-state index < -0.39 is 5.97 Å². The van der Waals surface area contributed by atoms with E-state index in [0.29, 0.717) is 32.2 Å². The topological polar surface area (TPSA) is 94.0 Å². The third kappa shape index (κ3) is 4.31. The van der Waals surface area contributed by atoms with E-state index in [4.69, 9.17) is 25.7 Å². The van der Waals surface area contributed by atoms with E-state index in [1.807, 2.05) is 36.4 Å². The van der Waals surface area contributed by atoms with Gasteiger partial charge in [0, 0.05) is 22.8 Å². The van der Waals surface area contributed by atoms with Gasteiger partial charge >= 0.3 is 5.97 Å². The van der Waals surface area contributed by atoms with Gasteiger partial charge in [-0.15, -0.1) is 0 Å². The second-order valence-electron chi connectivity index (χ2n) is 10.1. The molecule has 0 saturated heterocycles. The van der Waals surface area contributed by atoms with E-state index in [-0.39, 0.29) is 22.2 Å². The summed E-state index contributed by atoms with van der Waals surface area (Å²) in [5.74, 6) is 0.519. The number of allylic oxidation sites excluding steroid dienone is 1. The molecule has 0 radical (unpaired) electrons. The zero-order valence-electron chi connectivity index (χ0n) is 22.3. The van der Waals surface area contributed by atoms with Crippen LogP contribution in [0.3, 0.4) is 0 Å². The van der Waals surface area contributed by atoms with Crippen molar-refractivity contribution >= 4 is 40.7 Å². The molecule has 1 aliphatic carbocycles. The number of carboxylic acid groups (broad SMARTS) is 1. The molecule has 208 valence electrons. The smallest absolute Gasteiger partial charge is 0.337 e. The Hall–Kier alpha value is -4.66. The molecule has 5 aromatic rings. The summed E-state index contributed by atoms with van der Waals surface area (Å²) in [4.78, 5) is 31.2. The van der Waals surface area contributed by atoms with Crippen molar-refractivity contribution in [1.82, 2.24) is 4.57 Å². The molecular formula is C33H23ClN2O5S. The van der Waals surface area contributed by atoms with Gasteiger partial charge in [0.1, 0.15) is 17.3 Å². The highest BCUT2D eigenvalue weighted by Gasteiger charge is 2.34. The first-order valence-corrected chi connectivity index (χ1v) is 14.5. The van der Waals surface area contributed by atoms with Gasteiger partial charge in [-0.3, -0.25) is 9.36 Å². The highest BCUT2D eigenvalue weighted by atomic mass is 35.5. The Labute approximate surface area is 248 Å². The molecule has 0 bridgehead atoms. The van der Waals surface area contributed by atoms with Gasteiger partial charge in [-0.1, -0.05) is 65.4 Å². The Morgan fingerprint density at radius 1 is 1.10 bits per heavy atom. The largest absolute Gasteiger partial charge is 0.496 e. The summed E-state index contributed by atoms with van der Waals surface area (Å²) in [7, 11) is 1.64. The molecule has 7 nitrogen and oxygen atoms in total. The summed E-state index contributed by atoms with van der Waals surface area (Å²) in [5.41, 5.74) is 5.64. The van der Waals surface area contributed by atoms with E-state index in [1.54, 1.807) is 36.0 Å². The number of halogens is 1. The molecule has 1 N–H and O–H groups in total. The molecule has 42 heavy (non-hydrogen) atoms. The molecule has 2 aromatic heterocycles. The lowest BCUT2D eigenvalue weighted by Crippen LogP contribution is -2.38. The minimum absolute atomic E-state index is 0.0118. The van der Waals surface area contributed by atoms with Crippen LogP contribution in [0.2, 0.25) is 5.02 Å². The van der Waals surface area contributed by atoms with Crippen LogP contribution in [0.15, 0.2) is 98.6 Å². The van der Waals surface area contributed by atoms with E-state index in [9.17, 15) is 14.7 Å². The SMILES string of the molecule is COc1ccccc1[C@@H]1C2=C(N=c3s/c(=C\c4ccc(-c5ccc(Cl)c(C(=O)O)c5)o4)c(=O)n31)c1ccccc1CC2. The van der Waals surface area contributed by atoms with Gasteiger partial charge in [0.25, 0.3) is 5.56 Å². The van der Waals surface area contributed by atoms with Crippen molar-refractivity contribution in [1.29, 1.82) is 0 Å². The summed E-state index contributed by atoms with van der Waals surface area (Å²) in [6, 6.07) is 23.9. The van der Waals surface area contributed by atoms with Crippen LogP contribution in [0, 0.1) is 0 Å². The number of hydrogen-bond donors (Lipinski definition) is 1. The molecule has 3 aromatic carbocycles. The predicted octanol–water partition coefficient (Wildman–Crippen LogP) is 5.94. The van der Waals surface area contributed by atoms with Crippen molar-refractivity contribution in [3.63, 3.8) is 0 Å². The Morgan fingerprint density at radius 2 is 1.90 bits per heavy atom. The number of para-hydroxylation sites is 1. The molecule has 3 heterocycles. The van der Waals surface area contributed by atoms with E-state index in [1.165, 1.54) is 29.0 Å². The van der Waals surface area contributed by atoms with Gasteiger partial charge in [-0.25, -0.2) is 9.79 Å². The van der Waals surface area contributed by atoms with Gasteiger partial charge in [0.2, 0.25) is 0 Å². The van der Waals surface area contributed by atoms with E-state index in [2.05, 4.69) is 12.1 Å². The van der Waals surface area contributed by atoms with Crippen LogP contribution < -0.4 is 19.6 Å². The minimum atomic E-state index is -1.12. The van der Waals surface area contributed by atoms with E-state index >= 15 is 0 Å². The normalized spacial score (nSPS) is 16.0. The molecule has 0 amide bonds. The van der Waals surface area contributed by atoms with Crippen molar-refractivity contribution in [2.24, 2.45) is 4.99 Å². The summed E-state index contributed by atoms with van der Waals surface area (Å²) < 4.78 is 14.0. The number of aromatic carboxylic acids is 1. The van der Waals surface area contributed by atoms with Crippen molar-refractivity contribution in [3.05, 3.63) is 137 Å². The fraction of sp³-hybridized carbons (Fsp3) is 0.121. The molecule has 2 aliphatic rings. The van der Waals surface area contributed by atoms with Crippen molar-refractivity contribution in [2.75, 3.05) is 7.11 Å². The van der Waals surface area contributed by atoms with Crippen LogP contribution in [0.4, 0.5) is 0 Å². The number of hydrogen-bond acceptors (Lipinski definition) is 6. The number of carboxylic acids is 1. The summed E-state index contributed by atoms with van der Waals surface area (Å²) in [6.45, 7) is 0. The van der Waals surface area contributed by atoms with E-state index in [0.717, 1.165) is 35.2 Å². The molecule has 1 aliphatic heterocycles. The molecule has 1 atom stereocenters. The maximum absolute atomic E-state index is 14.1. The average molecular weight is 595 g/mol. The number of nitrogens with zero attached hydrogens (tertiary/aromatic N) is 2. The summed E-state index contributed by atoms with van der Waals surface area (Å²) in [5, 5.41) is 9.59. The summed E-state index contributed by atoms with van der Waals surface area (Å²) in [6.07, 6.45) is 3.35. The Balaban J connectivity index is 1.39. The maximum Gasteiger partial charge on any atom is 0.337 e. The fourth-order valence-electron chi connectivity index (χ4n) is 5.75. The van der Waals surface area contributed by atoms with Crippen LogP contribution in [-0.4, -0.2) is 22.8 Å². The molecular weight excluding hydrogens is 572 g/mol. The molecule has 9 heteroatoms. The minimum Gasteiger partial charge on any atom is -0.496 e. The Morgan fingerprint density at radius 3 is 2.74 bits per heavy atom. The second-order valence-corrected chi connectivity index (χ2v) is 11.5. The van der Waals surface area contributed by atoms with Gasteiger partial charge in [-0.2, -0.15) is 0 Å². The van der Waals surface area contributed by atoms with Crippen LogP contribution in [0.1, 0.15) is 45.3 Å². The van der Waals surface area contributed by atoms with Crippen molar-refractivity contribution in [3.8, 4) is 17.1 Å². The molecule has 0 unspecified atom stereocenters. The Kier molecular flexibility index (Phi) is 6.45. The number of furan rings is 1. The highest BCUT2D eigenvalue weighted by Crippen LogP contribution is 2.43. The van der Waals surface area contributed by atoms with Crippen LogP contribution in [0.5, 0.6) is 5.75 Å². The summed E-state index contributed by atoms with van der Waals surface area (Å²) >= 11 is 7.34. The number of thiazole rings is 1. The van der Waals surface area contributed by atoms with Gasteiger partial charge in [-0.05, 0) is 60.4 Å². The van der Waals surface area contributed by atoms with Crippen molar-refractivity contribution < 1.29 is 19.1 Å². The number of fused-ring (bicyclic) bond motifs is 3. The lowest BCUT2D eigenvalue weighted by molar-refractivity contribution is 0.0697. The number of carbonyl (C=O) groups is 1. The first-order chi connectivity index (χ1) is 20.4. The predicted molar refractivity (Wildman–Crippen MR) is 162 cm³/mol. The fourth-order valence-corrected chi connectivity index (χ4v) is 6.93. The van der Waals surface area contributed by atoms with Gasteiger partial charge in [0.15, 0.2) is 4.80 Å². The number of ether oxygens (including phenoxy) is 1. The lowest BCUT2D eigenvalue weighted by atomic mass is 9.83. The third-order valence-corrected chi connectivity index (χ3v) is 9.00. The van der Waals surface area contributed by atoms with Gasteiger partial charge in [0.05, 0.1) is 34.0 Å². The number of aryl methyl sites for hydroxylation is 1. The number of rotatable bonds is 5. The quantitative estimate of drug-likeness (QED) is 0.272. The average Bonchev–Trinajstić information content (AvgIpc) is 3.60. The van der Waals surface area contributed by atoms with Crippen molar-refractivity contribution in [2.45, 2.75) is 18.9 Å². The number of aromatic nitrogens is 1. The Bertz CT molecular complexity index is 2120.